The topological polar surface area (TPSA) is 48.3 Å². The van der Waals surface area contributed by atoms with Crippen LogP contribution in [0.25, 0.3) is 11.0 Å². The van der Waals surface area contributed by atoms with Gasteiger partial charge in [-0.25, -0.2) is 4.98 Å². The van der Waals surface area contributed by atoms with Gasteiger partial charge >= 0.3 is 0 Å². The average molecular weight is 367 g/mol. The van der Waals surface area contributed by atoms with E-state index in [1.165, 1.54) is 5.52 Å². The average Bonchev–Trinajstić information content (AvgIpc) is 3.09. The molecule has 5 heteroatoms. The lowest BCUT2D eigenvalue weighted by Crippen LogP contribution is -2.21. The summed E-state index contributed by atoms with van der Waals surface area (Å²) >= 11 is 0. The van der Waals surface area contributed by atoms with Gasteiger partial charge in [-0.15, -0.1) is 0 Å². The third kappa shape index (κ3) is 4.25. The number of fused-ring (bicyclic) bond motifs is 1. The van der Waals surface area contributed by atoms with Gasteiger partial charge in [0.05, 0.1) is 30.8 Å². The van der Waals surface area contributed by atoms with Gasteiger partial charge in [0.25, 0.3) is 0 Å². The van der Waals surface area contributed by atoms with Gasteiger partial charge in [0, 0.05) is 13.1 Å². The molecule has 27 heavy (non-hydrogen) atoms. The molecule has 1 aromatic heterocycles. The molecule has 144 valence electrons. The molecule has 1 unspecified atom stereocenters. The highest BCUT2D eigenvalue weighted by atomic mass is 16.5. The second-order valence-electron chi connectivity index (χ2n) is 6.64. The van der Waals surface area contributed by atoms with Gasteiger partial charge in [-0.05, 0) is 50.1 Å². The lowest BCUT2D eigenvalue weighted by atomic mass is 10.2. The molecule has 5 nitrogen and oxygen atoms in total. The van der Waals surface area contributed by atoms with E-state index in [1.807, 2.05) is 12.1 Å². The predicted octanol–water partition coefficient (Wildman–Crippen LogP) is 4.70. The van der Waals surface area contributed by atoms with E-state index in [2.05, 4.69) is 61.0 Å². The number of para-hydroxylation sites is 2. The van der Waals surface area contributed by atoms with E-state index in [1.54, 1.807) is 7.11 Å². The Morgan fingerprint density at radius 1 is 1.11 bits per heavy atom. The maximum atomic E-state index is 5.82. The highest BCUT2D eigenvalue weighted by Gasteiger charge is 2.15. The van der Waals surface area contributed by atoms with Crippen molar-refractivity contribution in [1.29, 1.82) is 0 Å². The summed E-state index contributed by atoms with van der Waals surface area (Å²) in [5.41, 5.74) is 3.39. The first-order valence-electron chi connectivity index (χ1n) is 9.66. The summed E-state index contributed by atoms with van der Waals surface area (Å²) in [6, 6.07) is 14.5. The fraction of sp³-hybridized carbons (Fsp3) is 0.409. The number of hydrogen-bond donors (Lipinski definition) is 1. The Morgan fingerprint density at radius 2 is 1.93 bits per heavy atom. The molecular formula is C22H29N3O2. The Balaban J connectivity index is 1.75. The second-order valence-corrected chi connectivity index (χ2v) is 6.64. The van der Waals surface area contributed by atoms with Crippen molar-refractivity contribution in [1.82, 2.24) is 14.9 Å². The number of benzene rings is 2. The molecular weight excluding hydrogens is 338 g/mol. The van der Waals surface area contributed by atoms with Crippen LogP contribution in [0.2, 0.25) is 0 Å². The smallest absolute Gasteiger partial charge is 0.161 e. The number of nitrogens with one attached hydrogen (secondary N) is 1. The Hall–Kier alpha value is -2.53. The molecule has 0 saturated carbocycles. The van der Waals surface area contributed by atoms with Crippen molar-refractivity contribution in [2.45, 2.75) is 46.3 Å². The van der Waals surface area contributed by atoms with Crippen molar-refractivity contribution in [3.8, 4) is 11.5 Å². The normalized spacial score (nSPS) is 12.3. The number of aromatic nitrogens is 2. The summed E-state index contributed by atoms with van der Waals surface area (Å²) in [5.74, 6) is 2.63. The first kappa shape index (κ1) is 19.2. The number of imidazole rings is 1. The maximum absolute atomic E-state index is 5.82. The minimum absolute atomic E-state index is 0.138. The first-order valence-corrected chi connectivity index (χ1v) is 9.66. The lowest BCUT2D eigenvalue weighted by molar-refractivity contribution is 0.294. The molecule has 0 aliphatic rings. The number of rotatable bonds is 9. The fourth-order valence-corrected chi connectivity index (χ4v) is 3.28. The maximum Gasteiger partial charge on any atom is 0.161 e. The summed E-state index contributed by atoms with van der Waals surface area (Å²) in [7, 11) is 1.67. The van der Waals surface area contributed by atoms with Crippen LogP contribution in [-0.4, -0.2) is 23.3 Å². The molecule has 0 bridgehead atoms. The fourth-order valence-electron chi connectivity index (χ4n) is 3.28. The van der Waals surface area contributed by atoms with Crippen LogP contribution in [-0.2, 0) is 13.1 Å². The van der Waals surface area contributed by atoms with Crippen molar-refractivity contribution < 1.29 is 9.47 Å². The minimum Gasteiger partial charge on any atom is -0.493 e. The Kier molecular flexibility index (Phi) is 6.35. The molecule has 1 atom stereocenters. The molecule has 0 spiro atoms. The molecule has 0 saturated heterocycles. The molecule has 3 aromatic rings. The van der Waals surface area contributed by atoms with E-state index in [4.69, 9.17) is 14.5 Å². The monoisotopic (exact) mass is 367 g/mol. The summed E-state index contributed by atoms with van der Waals surface area (Å²) in [4.78, 5) is 4.84. The molecule has 0 aliphatic carbocycles. The van der Waals surface area contributed by atoms with Gasteiger partial charge in [-0.1, -0.05) is 25.1 Å². The predicted molar refractivity (Wildman–Crippen MR) is 109 cm³/mol. The van der Waals surface area contributed by atoms with E-state index < -0.39 is 0 Å². The number of hydrogen-bond acceptors (Lipinski definition) is 4. The molecule has 0 aliphatic heterocycles. The third-order valence-electron chi connectivity index (χ3n) is 4.69. The second kappa shape index (κ2) is 8.91. The van der Waals surface area contributed by atoms with Crippen LogP contribution >= 0.6 is 0 Å². The van der Waals surface area contributed by atoms with E-state index in [-0.39, 0.29) is 6.04 Å². The molecule has 1 N–H and O–H groups in total. The van der Waals surface area contributed by atoms with Crippen LogP contribution in [0.1, 0.15) is 44.6 Å². The molecule has 2 aromatic carbocycles. The number of methoxy groups -OCH3 is 1. The molecule has 0 amide bonds. The summed E-state index contributed by atoms with van der Waals surface area (Å²) < 4.78 is 13.5. The third-order valence-corrected chi connectivity index (χ3v) is 4.69. The van der Waals surface area contributed by atoms with Crippen molar-refractivity contribution in [2.24, 2.45) is 0 Å². The Labute approximate surface area is 161 Å². The SMILES string of the molecule is CCCOc1cc(CNC(C)c2nc3ccccc3n2CC)ccc1OC. The van der Waals surface area contributed by atoms with E-state index in [0.717, 1.165) is 47.9 Å². The number of aryl methyl sites for hydroxylation is 1. The van der Waals surface area contributed by atoms with Gasteiger partial charge in [0.15, 0.2) is 11.5 Å². The lowest BCUT2D eigenvalue weighted by Gasteiger charge is -2.16. The van der Waals surface area contributed by atoms with Crippen molar-refractivity contribution in [3.63, 3.8) is 0 Å². The highest BCUT2D eigenvalue weighted by Crippen LogP contribution is 2.28. The van der Waals surface area contributed by atoms with Crippen molar-refractivity contribution in [2.75, 3.05) is 13.7 Å². The van der Waals surface area contributed by atoms with Crippen molar-refractivity contribution in [3.05, 3.63) is 53.9 Å². The van der Waals surface area contributed by atoms with Crippen LogP contribution in [0.3, 0.4) is 0 Å². The zero-order valence-electron chi connectivity index (χ0n) is 16.7. The van der Waals surface area contributed by atoms with Crippen molar-refractivity contribution >= 4 is 11.0 Å². The number of nitrogens with zero attached hydrogens (tertiary/aromatic N) is 2. The van der Waals surface area contributed by atoms with Crippen LogP contribution in [0.5, 0.6) is 11.5 Å². The van der Waals surface area contributed by atoms with Crippen LogP contribution in [0, 0.1) is 0 Å². The van der Waals surface area contributed by atoms with Crippen LogP contribution in [0.15, 0.2) is 42.5 Å². The molecule has 0 fully saturated rings. The summed E-state index contributed by atoms with van der Waals surface area (Å²) in [6.45, 7) is 8.74. The molecule has 0 radical (unpaired) electrons. The van der Waals surface area contributed by atoms with Gasteiger partial charge in [0.2, 0.25) is 0 Å². The van der Waals surface area contributed by atoms with Gasteiger partial charge < -0.3 is 19.4 Å². The Morgan fingerprint density at radius 3 is 2.67 bits per heavy atom. The van der Waals surface area contributed by atoms with E-state index >= 15 is 0 Å². The van der Waals surface area contributed by atoms with E-state index in [0.29, 0.717) is 6.61 Å². The zero-order valence-corrected chi connectivity index (χ0v) is 16.7. The molecule has 3 rings (SSSR count). The first-order chi connectivity index (χ1) is 13.2. The Bertz CT molecular complexity index is 888. The minimum atomic E-state index is 0.138. The largest absolute Gasteiger partial charge is 0.493 e. The highest BCUT2D eigenvalue weighted by molar-refractivity contribution is 5.76. The summed E-state index contributed by atoms with van der Waals surface area (Å²) in [6.07, 6.45) is 0.968. The van der Waals surface area contributed by atoms with Crippen LogP contribution < -0.4 is 14.8 Å². The van der Waals surface area contributed by atoms with Gasteiger partial charge in [-0.2, -0.15) is 0 Å². The molecule has 1 heterocycles. The van der Waals surface area contributed by atoms with Crippen LogP contribution in [0.4, 0.5) is 0 Å². The number of ether oxygens (including phenoxy) is 2. The quantitative estimate of drug-likeness (QED) is 0.595. The van der Waals surface area contributed by atoms with Gasteiger partial charge in [0.1, 0.15) is 5.82 Å². The van der Waals surface area contributed by atoms with Gasteiger partial charge in [-0.3, -0.25) is 0 Å². The van der Waals surface area contributed by atoms with E-state index in [9.17, 15) is 0 Å². The standard InChI is InChI=1S/C22H29N3O2/c1-5-13-27-21-14-17(11-12-20(21)26-4)15-23-16(3)22-24-18-9-7-8-10-19(18)25(22)6-2/h7-12,14,16,23H,5-6,13,15H2,1-4H3. The zero-order chi connectivity index (χ0) is 19.2. The summed E-state index contributed by atoms with van der Waals surface area (Å²) in [5, 5.41) is 3.59.